The molecule has 1 fully saturated rings. The predicted octanol–water partition coefficient (Wildman–Crippen LogP) is 2.22. The Morgan fingerprint density at radius 3 is 2.81 bits per heavy atom. The Balaban J connectivity index is 1.72. The molecule has 1 aromatic carbocycles. The highest BCUT2D eigenvalue weighted by Gasteiger charge is 2.46. The molecule has 2 aromatic heterocycles. The quantitative estimate of drug-likeness (QED) is 0.360. The molecule has 0 radical (unpaired) electrons. The van der Waals surface area contributed by atoms with Crippen molar-refractivity contribution in [3.63, 3.8) is 0 Å². The highest BCUT2D eigenvalue weighted by molar-refractivity contribution is 6.46. The van der Waals surface area contributed by atoms with Gasteiger partial charge in [0.1, 0.15) is 11.5 Å². The molecule has 3 heterocycles. The lowest BCUT2D eigenvalue weighted by Crippen LogP contribution is -2.31. The number of ketones is 1. The number of amides is 1. The van der Waals surface area contributed by atoms with Gasteiger partial charge in [-0.1, -0.05) is 12.1 Å². The van der Waals surface area contributed by atoms with E-state index < -0.39 is 17.7 Å². The van der Waals surface area contributed by atoms with Gasteiger partial charge in [0.05, 0.1) is 25.1 Å². The van der Waals surface area contributed by atoms with Crippen molar-refractivity contribution >= 4 is 17.4 Å². The van der Waals surface area contributed by atoms with E-state index in [2.05, 4.69) is 9.97 Å². The molecule has 1 atom stereocenters. The van der Waals surface area contributed by atoms with E-state index in [0.717, 1.165) is 0 Å². The summed E-state index contributed by atoms with van der Waals surface area (Å²) in [6.45, 7) is 1.02. The van der Waals surface area contributed by atoms with Crippen molar-refractivity contribution in [1.82, 2.24) is 14.5 Å². The number of rotatable bonds is 7. The summed E-state index contributed by atoms with van der Waals surface area (Å²) in [6.07, 6.45) is 9.37. The van der Waals surface area contributed by atoms with Crippen LogP contribution in [0.4, 0.5) is 0 Å². The summed E-state index contributed by atoms with van der Waals surface area (Å²) in [5, 5.41) is 11.1. The van der Waals surface area contributed by atoms with Crippen molar-refractivity contribution in [3.05, 3.63) is 84.2 Å². The lowest BCUT2D eigenvalue weighted by atomic mass is 9.96. The zero-order chi connectivity index (χ0) is 21.8. The van der Waals surface area contributed by atoms with Crippen LogP contribution in [0.2, 0.25) is 0 Å². The number of nitrogens with zero attached hydrogens (tertiary/aromatic N) is 3. The summed E-state index contributed by atoms with van der Waals surface area (Å²) < 4.78 is 7.14. The number of H-pyrrole nitrogens is 1. The Hall–Kier alpha value is -3.94. The van der Waals surface area contributed by atoms with Crippen molar-refractivity contribution in [1.29, 1.82) is 0 Å². The first-order chi connectivity index (χ1) is 15.1. The van der Waals surface area contributed by atoms with Gasteiger partial charge in [-0.15, -0.1) is 0 Å². The van der Waals surface area contributed by atoms with Crippen LogP contribution in [0, 0.1) is 0 Å². The number of ether oxygens (including phenoxy) is 1. The second-order valence-corrected chi connectivity index (χ2v) is 7.22. The number of carbonyl (C=O) groups is 2. The van der Waals surface area contributed by atoms with Gasteiger partial charge in [0.2, 0.25) is 0 Å². The van der Waals surface area contributed by atoms with Gasteiger partial charge >= 0.3 is 0 Å². The second kappa shape index (κ2) is 8.83. The highest BCUT2D eigenvalue weighted by atomic mass is 16.5. The molecule has 0 bridgehead atoms. The monoisotopic (exact) mass is 419 g/mol. The zero-order valence-corrected chi connectivity index (χ0v) is 17.1. The van der Waals surface area contributed by atoms with E-state index in [1.165, 1.54) is 12.0 Å². The number of imidazole rings is 1. The van der Waals surface area contributed by atoms with Gasteiger partial charge in [0.25, 0.3) is 11.7 Å². The topological polar surface area (TPSA) is 98.8 Å². The molecule has 3 aromatic rings. The predicted molar refractivity (Wildman–Crippen MR) is 112 cm³/mol. The van der Waals surface area contributed by atoms with Gasteiger partial charge < -0.3 is 19.3 Å². The second-order valence-electron chi connectivity index (χ2n) is 7.22. The fourth-order valence-electron chi connectivity index (χ4n) is 3.80. The molecule has 1 amide bonds. The minimum Gasteiger partial charge on any atom is -0.507 e. The molecule has 1 aliphatic rings. The molecule has 4 rings (SSSR count). The number of aromatic amines is 1. The van der Waals surface area contributed by atoms with Crippen molar-refractivity contribution < 1.29 is 24.4 Å². The number of aromatic nitrogens is 3. The summed E-state index contributed by atoms with van der Waals surface area (Å²) in [7, 11) is 1.53. The minimum absolute atomic E-state index is 0.0699. The number of aliphatic hydroxyl groups excluding tert-OH is 1. The molecule has 0 spiro atoms. The number of Topliss-reactive ketones (excluding diaryl/α,β-unsaturated/α-hetero) is 1. The third-order valence-electron chi connectivity index (χ3n) is 5.30. The first-order valence-electron chi connectivity index (χ1n) is 9.94. The van der Waals surface area contributed by atoms with Gasteiger partial charge in [-0.2, -0.15) is 0 Å². The molecule has 2 N–H and O–H groups in total. The molecule has 1 aliphatic heterocycles. The van der Waals surface area contributed by atoms with E-state index in [-0.39, 0.29) is 11.3 Å². The van der Waals surface area contributed by atoms with E-state index in [1.54, 1.807) is 55.2 Å². The molecular formula is C23H23N4O4+. The maximum atomic E-state index is 13.0. The zero-order valence-electron chi connectivity index (χ0n) is 17.1. The van der Waals surface area contributed by atoms with E-state index in [9.17, 15) is 14.7 Å². The lowest BCUT2D eigenvalue weighted by Gasteiger charge is -2.24. The summed E-state index contributed by atoms with van der Waals surface area (Å²) in [6, 6.07) is 9.72. The van der Waals surface area contributed by atoms with Crippen molar-refractivity contribution in [2.75, 3.05) is 13.7 Å². The van der Waals surface area contributed by atoms with Crippen molar-refractivity contribution in [2.45, 2.75) is 19.0 Å². The lowest BCUT2D eigenvalue weighted by molar-refractivity contribution is -0.379. The van der Waals surface area contributed by atoms with Gasteiger partial charge in [-0.25, -0.2) is 9.97 Å². The average molecular weight is 419 g/mol. The standard InChI is InChI=1S/C23H22N4O4/c1-31-18-7-2-5-16(13-18)21(28)19-20(17-6-3-8-24-14-17)27(23(30)22(19)29)11-4-10-26-12-9-25-15-26/h2-3,5-9,12-15,20,28H,4,10-11H2,1H3/p+1. The van der Waals surface area contributed by atoms with Crippen LogP contribution in [0.25, 0.3) is 5.76 Å². The SMILES string of the molecule is COc1cccc(C(O)=C2C(=O)C(=O)N(CCCn3ccnc3)C2c2ccc[nH+]c2)c1. The molecule has 158 valence electrons. The number of pyridine rings is 1. The normalized spacial score (nSPS) is 17.8. The first kappa shape index (κ1) is 20.3. The molecule has 1 saturated heterocycles. The Bertz CT molecular complexity index is 1110. The molecule has 1 unspecified atom stereocenters. The Morgan fingerprint density at radius 2 is 2.10 bits per heavy atom. The number of nitrogens with one attached hydrogen (secondary N) is 1. The summed E-state index contributed by atoms with van der Waals surface area (Å²) in [5.74, 6) is -0.993. The maximum absolute atomic E-state index is 13.0. The third kappa shape index (κ3) is 4.05. The number of likely N-dealkylation sites (tertiary alicyclic amines) is 1. The Labute approximate surface area is 179 Å². The molecular weight excluding hydrogens is 396 g/mol. The molecule has 8 nitrogen and oxygen atoms in total. The fourth-order valence-corrected chi connectivity index (χ4v) is 3.80. The summed E-state index contributed by atoms with van der Waals surface area (Å²) >= 11 is 0. The number of benzene rings is 1. The summed E-state index contributed by atoms with van der Waals surface area (Å²) in [5.41, 5.74) is 1.20. The van der Waals surface area contributed by atoms with Crippen molar-refractivity contribution in [2.24, 2.45) is 0 Å². The number of aryl methyl sites for hydroxylation is 1. The van der Waals surface area contributed by atoms with Crippen LogP contribution in [0.1, 0.15) is 23.6 Å². The smallest absolute Gasteiger partial charge is 0.295 e. The summed E-state index contributed by atoms with van der Waals surface area (Å²) in [4.78, 5) is 34.5. The van der Waals surface area contributed by atoms with E-state index in [4.69, 9.17) is 4.74 Å². The number of hydrogen-bond donors (Lipinski definition) is 1. The Kier molecular flexibility index (Phi) is 5.79. The van der Waals surface area contributed by atoms with Gasteiger partial charge in [-0.05, 0) is 24.6 Å². The van der Waals surface area contributed by atoms with E-state index in [0.29, 0.717) is 36.4 Å². The van der Waals surface area contributed by atoms with E-state index >= 15 is 0 Å². The van der Waals surface area contributed by atoms with E-state index in [1.807, 2.05) is 16.8 Å². The number of methoxy groups -OCH3 is 1. The number of aliphatic hydroxyl groups is 1. The largest absolute Gasteiger partial charge is 0.507 e. The molecule has 31 heavy (non-hydrogen) atoms. The maximum Gasteiger partial charge on any atom is 0.295 e. The first-order valence-corrected chi connectivity index (χ1v) is 9.94. The minimum atomic E-state index is -0.697. The van der Waals surface area contributed by atoms with Crippen LogP contribution in [-0.4, -0.2) is 44.9 Å². The van der Waals surface area contributed by atoms with Crippen LogP contribution in [0.15, 0.2) is 73.1 Å². The van der Waals surface area contributed by atoms with Gasteiger partial charge in [0.15, 0.2) is 12.4 Å². The number of hydrogen-bond acceptors (Lipinski definition) is 5. The van der Waals surface area contributed by atoms with Gasteiger partial charge in [0, 0.05) is 42.7 Å². The van der Waals surface area contributed by atoms with Crippen LogP contribution >= 0.6 is 0 Å². The highest BCUT2D eigenvalue weighted by Crippen LogP contribution is 2.39. The number of carbonyl (C=O) groups excluding carboxylic acids is 2. The van der Waals surface area contributed by atoms with Crippen LogP contribution in [-0.2, 0) is 16.1 Å². The van der Waals surface area contributed by atoms with Crippen LogP contribution in [0.3, 0.4) is 0 Å². The molecule has 0 aliphatic carbocycles. The van der Waals surface area contributed by atoms with Crippen LogP contribution in [0.5, 0.6) is 5.75 Å². The molecule has 8 heteroatoms. The molecule has 0 saturated carbocycles. The van der Waals surface area contributed by atoms with Crippen LogP contribution < -0.4 is 9.72 Å². The van der Waals surface area contributed by atoms with Crippen molar-refractivity contribution in [3.8, 4) is 5.75 Å². The third-order valence-corrected chi connectivity index (χ3v) is 5.30. The average Bonchev–Trinajstić information content (AvgIpc) is 3.41. The van der Waals surface area contributed by atoms with Gasteiger partial charge in [-0.3, -0.25) is 9.59 Å². The Morgan fingerprint density at radius 1 is 1.23 bits per heavy atom. The fraction of sp³-hybridized carbons (Fsp3) is 0.217.